The first kappa shape index (κ1) is 27.3. The van der Waals surface area contributed by atoms with Crippen molar-refractivity contribution < 1.29 is 57.5 Å². The molecule has 12 nitrogen and oxygen atoms in total. The highest BCUT2D eigenvalue weighted by atomic mass is 16.7. The maximum atomic E-state index is 11.7. The lowest BCUT2D eigenvalue weighted by atomic mass is 10.0. The SMILES string of the molecule is CCOC(O)C(OC(C)=O)C(OC(C)=O)C(OC(C)=O)C(COC(C)=O)OC(C)=O. The van der Waals surface area contributed by atoms with E-state index in [2.05, 4.69) is 0 Å². The van der Waals surface area contributed by atoms with E-state index in [1.54, 1.807) is 6.92 Å². The molecule has 5 atom stereocenters. The Kier molecular flexibility index (Phi) is 12.3. The third-order valence-corrected chi connectivity index (χ3v) is 3.31. The molecule has 30 heavy (non-hydrogen) atoms. The van der Waals surface area contributed by atoms with Crippen molar-refractivity contribution >= 4 is 29.8 Å². The second-order valence-corrected chi connectivity index (χ2v) is 6.02. The molecule has 0 spiro atoms. The fraction of sp³-hybridized carbons (Fsp3) is 0.722. The van der Waals surface area contributed by atoms with Gasteiger partial charge < -0.3 is 33.5 Å². The van der Waals surface area contributed by atoms with E-state index in [1.807, 2.05) is 0 Å². The summed E-state index contributed by atoms with van der Waals surface area (Å²) in [5, 5.41) is 10.3. The van der Waals surface area contributed by atoms with Crippen LogP contribution in [0.3, 0.4) is 0 Å². The van der Waals surface area contributed by atoms with Gasteiger partial charge in [0.25, 0.3) is 0 Å². The van der Waals surface area contributed by atoms with Crippen LogP contribution in [0.5, 0.6) is 0 Å². The van der Waals surface area contributed by atoms with Crippen molar-refractivity contribution in [3.8, 4) is 0 Å². The van der Waals surface area contributed by atoms with Gasteiger partial charge in [0.05, 0.1) is 0 Å². The molecule has 0 amide bonds. The van der Waals surface area contributed by atoms with Crippen molar-refractivity contribution in [1.29, 1.82) is 0 Å². The largest absolute Gasteiger partial charge is 0.462 e. The predicted octanol–water partition coefficient (Wildman–Crippen LogP) is -0.369. The number of hydrogen-bond acceptors (Lipinski definition) is 12. The van der Waals surface area contributed by atoms with Gasteiger partial charge in [-0.25, -0.2) is 0 Å². The van der Waals surface area contributed by atoms with Crippen molar-refractivity contribution in [2.45, 2.75) is 72.2 Å². The van der Waals surface area contributed by atoms with Crippen molar-refractivity contribution in [2.24, 2.45) is 0 Å². The quantitative estimate of drug-likeness (QED) is 0.240. The zero-order valence-electron chi connectivity index (χ0n) is 17.7. The van der Waals surface area contributed by atoms with E-state index in [-0.39, 0.29) is 6.61 Å². The van der Waals surface area contributed by atoms with Crippen LogP contribution in [-0.4, -0.2) is 78.9 Å². The van der Waals surface area contributed by atoms with E-state index < -0.39 is 67.2 Å². The number of rotatable bonds is 12. The molecule has 0 aromatic heterocycles. The molecular formula is C18H28O12. The molecule has 1 N–H and O–H groups in total. The Balaban J connectivity index is 6.30. The third kappa shape index (κ3) is 10.7. The number of ether oxygens (including phenoxy) is 6. The second-order valence-electron chi connectivity index (χ2n) is 6.02. The van der Waals surface area contributed by atoms with Gasteiger partial charge in [0.15, 0.2) is 30.7 Å². The smallest absolute Gasteiger partial charge is 0.303 e. The summed E-state index contributed by atoms with van der Waals surface area (Å²) in [6.45, 7) is 6.16. The van der Waals surface area contributed by atoms with Crippen LogP contribution >= 0.6 is 0 Å². The maximum Gasteiger partial charge on any atom is 0.303 e. The van der Waals surface area contributed by atoms with Crippen molar-refractivity contribution in [1.82, 2.24) is 0 Å². The van der Waals surface area contributed by atoms with Gasteiger partial charge in [-0.3, -0.25) is 24.0 Å². The van der Waals surface area contributed by atoms with E-state index in [0.717, 1.165) is 34.6 Å². The van der Waals surface area contributed by atoms with Gasteiger partial charge in [-0.15, -0.1) is 0 Å². The highest BCUT2D eigenvalue weighted by molar-refractivity contribution is 5.69. The highest BCUT2D eigenvalue weighted by Crippen LogP contribution is 2.22. The predicted molar refractivity (Wildman–Crippen MR) is 96.5 cm³/mol. The molecule has 0 aromatic rings. The van der Waals surface area contributed by atoms with Crippen LogP contribution in [0.1, 0.15) is 41.5 Å². The lowest BCUT2D eigenvalue weighted by Gasteiger charge is -2.36. The van der Waals surface area contributed by atoms with Gasteiger partial charge in [0, 0.05) is 41.2 Å². The van der Waals surface area contributed by atoms with E-state index in [0.29, 0.717) is 0 Å². The molecule has 0 aromatic carbocycles. The number of aliphatic hydroxyl groups excluding tert-OH is 1. The lowest BCUT2D eigenvalue weighted by molar-refractivity contribution is -0.237. The Morgan fingerprint density at radius 1 is 0.667 bits per heavy atom. The van der Waals surface area contributed by atoms with Crippen LogP contribution in [0.15, 0.2) is 0 Å². The highest BCUT2D eigenvalue weighted by Gasteiger charge is 2.46. The monoisotopic (exact) mass is 436 g/mol. The van der Waals surface area contributed by atoms with Crippen LogP contribution in [0, 0.1) is 0 Å². The van der Waals surface area contributed by atoms with E-state index in [9.17, 15) is 29.1 Å². The van der Waals surface area contributed by atoms with Crippen molar-refractivity contribution in [3.05, 3.63) is 0 Å². The average molecular weight is 436 g/mol. The molecular weight excluding hydrogens is 408 g/mol. The summed E-state index contributed by atoms with van der Waals surface area (Å²) >= 11 is 0. The number of aliphatic hydroxyl groups is 1. The maximum absolute atomic E-state index is 11.7. The number of esters is 5. The summed E-state index contributed by atoms with van der Waals surface area (Å²) in [6.07, 6.45) is -8.25. The van der Waals surface area contributed by atoms with E-state index in [4.69, 9.17) is 28.4 Å². The Labute approximate surface area is 173 Å². The summed E-state index contributed by atoms with van der Waals surface area (Å²) in [5.74, 6) is -4.22. The van der Waals surface area contributed by atoms with Crippen molar-refractivity contribution in [2.75, 3.05) is 13.2 Å². The van der Waals surface area contributed by atoms with Crippen LogP contribution in [0.4, 0.5) is 0 Å². The number of hydrogen-bond donors (Lipinski definition) is 1. The van der Waals surface area contributed by atoms with Gasteiger partial charge in [-0.2, -0.15) is 0 Å². The standard InChI is InChI=1S/C18H28O12/c1-7-25-18(24)17(30-13(6)23)16(29-12(5)22)15(28-11(4)21)14(27-10(3)20)8-26-9(2)19/h14-18,24H,7-8H2,1-6H3. The molecule has 0 aliphatic carbocycles. The first-order valence-corrected chi connectivity index (χ1v) is 9.00. The molecule has 0 heterocycles. The first-order chi connectivity index (χ1) is 13.9. The Morgan fingerprint density at radius 2 is 1.10 bits per heavy atom. The van der Waals surface area contributed by atoms with Crippen LogP contribution in [0.2, 0.25) is 0 Å². The molecule has 0 radical (unpaired) electrons. The van der Waals surface area contributed by atoms with Crippen LogP contribution in [0.25, 0.3) is 0 Å². The molecule has 0 saturated heterocycles. The molecule has 12 heteroatoms. The molecule has 0 saturated carbocycles. The zero-order valence-corrected chi connectivity index (χ0v) is 17.7. The van der Waals surface area contributed by atoms with Gasteiger partial charge in [-0.05, 0) is 6.92 Å². The summed E-state index contributed by atoms with van der Waals surface area (Å²) < 4.78 is 30.3. The second kappa shape index (κ2) is 13.5. The Morgan fingerprint density at radius 3 is 1.50 bits per heavy atom. The van der Waals surface area contributed by atoms with Crippen LogP contribution in [-0.2, 0) is 52.4 Å². The van der Waals surface area contributed by atoms with Gasteiger partial charge in [-0.1, -0.05) is 0 Å². The minimum absolute atomic E-state index is 0.00915. The van der Waals surface area contributed by atoms with E-state index in [1.165, 1.54) is 0 Å². The van der Waals surface area contributed by atoms with E-state index >= 15 is 0 Å². The number of carbonyl (C=O) groups is 5. The topological polar surface area (TPSA) is 161 Å². The Hall–Kier alpha value is -2.73. The summed E-state index contributed by atoms with van der Waals surface area (Å²) in [6, 6.07) is 0. The molecule has 0 bridgehead atoms. The average Bonchev–Trinajstić information content (AvgIpc) is 2.59. The minimum Gasteiger partial charge on any atom is -0.462 e. The summed E-state index contributed by atoms with van der Waals surface area (Å²) in [4.78, 5) is 57.7. The minimum atomic E-state index is -1.80. The lowest BCUT2D eigenvalue weighted by Crippen LogP contribution is -2.56. The Bertz CT molecular complexity index is 616. The molecule has 0 aliphatic rings. The first-order valence-electron chi connectivity index (χ1n) is 9.00. The van der Waals surface area contributed by atoms with Gasteiger partial charge in [0.1, 0.15) is 6.61 Å². The molecule has 0 fully saturated rings. The van der Waals surface area contributed by atoms with Gasteiger partial charge >= 0.3 is 29.8 Å². The number of carbonyl (C=O) groups excluding carboxylic acids is 5. The van der Waals surface area contributed by atoms with Crippen LogP contribution < -0.4 is 0 Å². The van der Waals surface area contributed by atoms with Gasteiger partial charge in [0.2, 0.25) is 0 Å². The normalized spacial score (nSPS) is 15.6. The zero-order chi connectivity index (χ0) is 23.4. The van der Waals surface area contributed by atoms with Crippen molar-refractivity contribution in [3.63, 3.8) is 0 Å². The fourth-order valence-corrected chi connectivity index (χ4v) is 2.41. The summed E-state index contributed by atoms with van der Waals surface area (Å²) in [7, 11) is 0. The fourth-order valence-electron chi connectivity index (χ4n) is 2.41. The molecule has 172 valence electrons. The third-order valence-electron chi connectivity index (χ3n) is 3.31. The molecule has 0 rings (SSSR count). The summed E-state index contributed by atoms with van der Waals surface area (Å²) in [5.41, 5.74) is 0. The molecule has 0 aliphatic heterocycles. The molecule has 5 unspecified atom stereocenters.